The molecule has 0 unspecified atom stereocenters. The van der Waals surface area contributed by atoms with Gasteiger partial charge >= 0.3 is 0 Å². The van der Waals surface area contributed by atoms with E-state index in [2.05, 4.69) is 14.9 Å². The highest BCUT2D eigenvalue weighted by atomic mass is 32.2. The van der Waals surface area contributed by atoms with E-state index in [0.717, 1.165) is 11.1 Å². The normalized spacial score (nSPS) is 11.4. The molecular weight excluding hydrogens is 250 g/mol. The van der Waals surface area contributed by atoms with E-state index < -0.39 is 10.0 Å². The molecule has 0 spiro atoms. The van der Waals surface area contributed by atoms with Crippen molar-refractivity contribution < 1.29 is 8.42 Å². The minimum absolute atomic E-state index is 0.249. The van der Waals surface area contributed by atoms with Crippen molar-refractivity contribution in [3.8, 4) is 0 Å². The fraction of sp³-hybridized carbons (Fsp3) is 0.250. The number of hydrogen-bond donors (Lipinski definition) is 2. The second kappa shape index (κ2) is 4.81. The standard InChI is InChI=1S/C12H15N3O2S/c1-3-10-8-13-14-12(10)15-18(16,17)11-6-4-5-9(2)7-11/h4-8H,3H2,1-2H3,(H2,13,14,15). The van der Waals surface area contributed by atoms with Crippen LogP contribution in [-0.4, -0.2) is 18.6 Å². The van der Waals surface area contributed by atoms with Crippen LogP contribution in [0.1, 0.15) is 18.1 Å². The Morgan fingerprint density at radius 1 is 1.39 bits per heavy atom. The highest BCUT2D eigenvalue weighted by Gasteiger charge is 2.16. The first-order valence-corrected chi connectivity index (χ1v) is 7.13. The first-order chi connectivity index (χ1) is 8.53. The summed E-state index contributed by atoms with van der Waals surface area (Å²) >= 11 is 0. The zero-order valence-electron chi connectivity index (χ0n) is 10.3. The molecule has 2 rings (SSSR count). The zero-order chi connectivity index (χ0) is 13.2. The number of aromatic amines is 1. The van der Waals surface area contributed by atoms with Crippen LogP contribution in [0.3, 0.4) is 0 Å². The van der Waals surface area contributed by atoms with Crippen molar-refractivity contribution in [1.29, 1.82) is 0 Å². The van der Waals surface area contributed by atoms with Crippen molar-refractivity contribution in [2.24, 2.45) is 0 Å². The highest BCUT2D eigenvalue weighted by Crippen LogP contribution is 2.18. The summed E-state index contributed by atoms with van der Waals surface area (Å²) in [7, 11) is -3.56. The number of sulfonamides is 1. The van der Waals surface area contributed by atoms with E-state index in [4.69, 9.17) is 0 Å². The average Bonchev–Trinajstić information content (AvgIpc) is 2.75. The lowest BCUT2D eigenvalue weighted by molar-refractivity contribution is 0.601. The molecule has 5 nitrogen and oxygen atoms in total. The molecule has 0 radical (unpaired) electrons. The molecule has 0 bridgehead atoms. The van der Waals surface area contributed by atoms with Gasteiger partial charge in [0, 0.05) is 5.56 Å². The molecule has 6 heteroatoms. The molecule has 0 fully saturated rings. The summed E-state index contributed by atoms with van der Waals surface area (Å²) in [6, 6.07) is 6.77. The molecule has 0 aliphatic rings. The molecule has 0 aliphatic heterocycles. The number of aromatic nitrogens is 2. The summed E-state index contributed by atoms with van der Waals surface area (Å²) in [5.41, 5.74) is 1.74. The van der Waals surface area contributed by atoms with E-state index in [1.165, 1.54) is 0 Å². The molecule has 18 heavy (non-hydrogen) atoms. The number of H-pyrrole nitrogens is 1. The second-order valence-electron chi connectivity index (χ2n) is 4.05. The van der Waals surface area contributed by atoms with Crippen molar-refractivity contribution in [1.82, 2.24) is 10.2 Å². The van der Waals surface area contributed by atoms with Crippen molar-refractivity contribution in [2.75, 3.05) is 4.72 Å². The van der Waals surface area contributed by atoms with E-state index in [1.807, 2.05) is 19.9 Å². The molecule has 0 saturated carbocycles. The molecular formula is C12H15N3O2S. The van der Waals surface area contributed by atoms with Crippen molar-refractivity contribution in [3.63, 3.8) is 0 Å². The Bertz CT molecular complexity index is 647. The number of hydrogen-bond acceptors (Lipinski definition) is 3. The van der Waals surface area contributed by atoms with Gasteiger partial charge in [-0.15, -0.1) is 0 Å². The summed E-state index contributed by atoms with van der Waals surface area (Å²) in [4.78, 5) is 0.249. The third kappa shape index (κ3) is 2.53. The molecule has 1 aromatic carbocycles. The molecule has 2 aromatic rings. The SMILES string of the molecule is CCc1cn[nH]c1NS(=O)(=O)c1cccc(C)c1. The quantitative estimate of drug-likeness (QED) is 0.888. The predicted octanol–water partition coefficient (Wildman–Crippen LogP) is 2.08. The lowest BCUT2D eigenvalue weighted by atomic mass is 10.2. The van der Waals surface area contributed by atoms with Gasteiger partial charge in [-0.25, -0.2) is 8.42 Å². The van der Waals surface area contributed by atoms with Gasteiger partial charge in [0.1, 0.15) is 5.82 Å². The third-order valence-electron chi connectivity index (χ3n) is 2.64. The molecule has 0 saturated heterocycles. The summed E-state index contributed by atoms with van der Waals surface area (Å²) in [5.74, 6) is 0.430. The first kappa shape index (κ1) is 12.6. The van der Waals surface area contributed by atoms with E-state index in [1.54, 1.807) is 24.4 Å². The van der Waals surface area contributed by atoms with Gasteiger partial charge in [0.2, 0.25) is 0 Å². The van der Waals surface area contributed by atoms with Crippen LogP contribution in [0.2, 0.25) is 0 Å². The minimum Gasteiger partial charge on any atom is -0.264 e. The number of rotatable bonds is 4. The maximum Gasteiger partial charge on any atom is 0.263 e. The largest absolute Gasteiger partial charge is 0.264 e. The van der Waals surface area contributed by atoms with Gasteiger partial charge in [-0.2, -0.15) is 5.10 Å². The maximum atomic E-state index is 12.2. The van der Waals surface area contributed by atoms with Gasteiger partial charge in [-0.1, -0.05) is 19.1 Å². The van der Waals surface area contributed by atoms with E-state index >= 15 is 0 Å². The number of nitrogens with one attached hydrogen (secondary N) is 2. The number of aryl methyl sites for hydroxylation is 2. The Labute approximate surface area is 106 Å². The molecule has 2 N–H and O–H groups in total. The van der Waals surface area contributed by atoms with Crippen molar-refractivity contribution >= 4 is 15.8 Å². The van der Waals surface area contributed by atoms with E-state index in [-0.39, 0.29) is 4.90 Å². The van der Waals surface area contributed by atoms with Gasteiger partial charge in [0.05, 0.1) is 11.1 Å². The fourth-order valence-corrected chi connectivity index (χ4v) is 2.81. The topological polar surface area (TPSA) is 74.8 Å². The Morgan fingerprint density at radius 2 is 2.17 bits per heavy atom. The van der Waals surface area contributed by atoms with E-state index in [9.17, 15) is 8.42 Å². The molecule has 0 atom stereocenters. The maximum absolute atomic E-state index is 12.2. The van der Waals surface area contributed by atoms with Crippen molar-refractivity contribution in [2.45, 2.75) is 25.2 Å². The molecule has 96 valence electrons. The van der Waals surface area contributed by atoms with Gasteiger partial charge in [-0.3, -0.25) is 9.82 Å². The highest BCUT2D eigenvalue weighted by molar-refractivity contribution is 7.92. The number of anilines is 1. The monoisotopic (exact) mass is 265 g/mol. The van der Waals surface area contributed by atoms with Gasteiger partial charge in [-0.05, 0) is 31.0 Å². The Hall–Kier alpha value is -1.82. The van der Waals surface area contributed by atoms with Gasteiger partial charge in [0.25, 0.3) is 10.0 Å². The van der Waals surface area contributed by atoms with Gasteiger partial charge in [0.15, 0.2) is 0 Å². The van der Waals surface area contributed by atoms with Crippen molar-refractivity contribution in [3.05, 3.63) is 41.6 Å². The van der Waals surface area contributed by atoms with Crippen LogP contribution in [0.5, 0.6) is 0 Å². The molecule has 1 heterocycles. The van der Waals surface area contributed by atoms with Crippen LogP contribution < -0.4 is 4.72 Å². The van der Waals surface area contributed by atoms with Crippen LogP contribution in [-0.2, 0) is 16.4 Å². The summed E-state index contributed by atoms with van der Waals surface area (Å²) in [6.07, 6.45) is 2.33. The predicted molar refractivity (Wildman–Crippen MR) is 70.0 cm³/mol. The molecule has 0 aliphatic carbocycles. The average molecular weight is 265 g/mol. The summed E-state index contributed by atoms with van der Waals surface area (Å²) in [6.45, 7) is 3.79. The fourth-order valence-electron chi connectivity index (χ4n) is 1.64. The van der Waals surface area contributed by atoms with E-state index in [0.29, 0.717) is 12.2 Å². The van der Waals surface area contributed by atoms with Crippen LogP contribution in [0.25, 0.3) is 0 Å². The van der Waals surface area contributed by atoms with Crippen LogP contribution in [0.15, 0.2) is 35.4 Å². The van der Waals surface area contributed by atoms with Gasteiger partial charge < -0.3 is 0 Å². The smallest absolute Gasteiger partial charge is 0.263 e. The Morgan fingerprint density at radius 3 is 2.83 bits per heavy atom. The minimum atomic E-state index is -3.56. The molecule has 1 aromatic heterocycles. The summed E-state index contributed by atoms with van der Waals surface area (Å²) < 4.78 is 26.8. The third-order valence-corrected chi connectivity index (χ3v) is 3.98. The Balaban J connectivity index is 2.33. The lowest BCUT2D eigenvalue weighted by Crippen LogP contribution is -2.14. The lowest BCUT2D eigenvalue weighted by Gasteiger charge is -2.08. The summed E-state index contributed by atoms with van der Waals surface area (Å²) in [5, 5.41) is 6.49. The first-order valence-electron chi connectivity index (χ1n) is 5.64. The van der Waals surface area contributed by atoms with Crippen LogP contribution in [0.4, 0.5) is 5.82 Å². The number of nitrogens with zero attached hydrogens (tertiary/aromatic N) is 1. The zero-order valence-corrected chi connectivity index (χ0v) is 11.1. The molecule has 0 amide bonds. The Kier molecular flexibility index (Phi) is 3.38. The van der Waals surface area contributed by atoms with Crippen LogP contribution >= 0.6 is 0 Å². The second-order valence-corrected chi connectivity index (χ2v) is 5.73. The number of benzene rings is 1. The van der Waals surface area contributed by atoms with Crippen LogP contribution in [0, 0.1) is 6.92 Å².